The average Bonchev–Trinajstić information content (AvgIpc) is 2.68. The van der Waals surface area contributed by atoms with Crippen LogP contribution < -0.4 is 10.6 Å². The van der Waals surface area contributed by atoms with E-state index in [1.54, 1.807) is 13.2 Å². The van der Waals surface area contributed by atoms with Gasteiger partial charge in [0.1, 0.15) is 0 Å². The second kappa shape index (κ2) is 6.39. The molecule has 0 aliphatic carbocycles. The van der Waals surface area contributed by atoms with Crippen LogP contribution in [0.25, 0.3) is 0 Å². The molecule has 3 N–H and O–H groups in total. The van der Waals surface area contributed by atoms with Crippen molar-refractivity contribution in [2.45, 2.75) is 39.8 Å². The molecule has 1 rings (SSSR count). The molecule has 1 amide bonds. The van der Waals surface area contributed by atoms with Gasteiger partial charge in [-0.2, -0.15) is 5.10 Å². The van der Waals surface area contributed by atoms with E-state index in [4.69, 9.17) is 0 Å². The molecule has 1 aromatic heterocycles. The molecule has 0 bridgehead atoms. The number of H-pyrrole nitrogens is 1. The van der Waals surface area contributed by atoms with E-state index in [1.807, 2.05) is 6.92 Å². The number of amides is 1. The first-order chi connectivity index (χ1) is 8.04. The zero-order valence-electron chi connectivity index (χ0n) is 11.0. The Kier molecular flexibility index (Phi) is 5.15. The van der Waals surface area contributed by atoms with Gasteiger partial charge in [0.2, 0.25) is 5.91 Å². The van der Waals surface area contributed by atoms with Gasteiger partial charge in [-0.3, -0.25) is 9.89 Å². The maximum atomic E-state index is 11.7. The summed E-state index contributed by atoms with van der Waals surface area (Å²) in [7, 11) is 1.67. The largest absolute Gasteiger partial charge is 0.358 e. The number of likely N-dealkylation sites (N-methyl/N-ethyl adjacent to an activating group) is 1. The molecule has 0 spiro atoms. The molecular weight excluding hydrogens is 216 g/mol. The van der Waals surface area contributed by atoms with Gasteiger partial charge in [0.15, 0.2) is 0 Å². The van der Waals surface area contributed by atoms with Crippen molar-refractivity contribution in [3.63, 3.8) is 0 Å². The van der Waals surface area contributed by atoms with E-state index in [2.05, 4.69) is 34.7 Å². The van der Waals surface area contributed by atoms with Gasteiger partial charge < -0.3 is 10.6 Å². The number of aromatic nitrogens is 2. The molecule has 0 fully saturated rings. The first-order valence-corrected chi connectivity index (χ1v) is 5.98. The molecule has 0 aromatic carbocycles. The zero-order valence-corrected chi connectivity index (χ0v) is 11.0. The van der Waals surface area contributed by atoms with Crippen LogP contribution in [0.15, 0.2) is 6.20 Å². The van der Waals surface area contributed by atoms with Crippen molar-refractivity contribution in [2.24, 2.45) is 5.92 Å². The number of nitrogens with one attached hydrogen (secondary N) is 3. The summed E-state index contributed by atoms with van der Waals surface area (Å²) in [4.78, 5) is 11.7. The molecule has 96 valence electrons. The van der Waals surface area contributed by atoms with Gasteiger partial charge in [0.25, 0.3) is 0 Å². The Balaban J connectivity index is 2.55. The fourth-order valence-corrected chi connectivity index (χ4v) is 1.72. The van der Waals surface area contributed by atoms with Crippen molar-refractivity contribution in [1.82, 2.24) is 20.8 Å². The van der Waals surface area contributed by atoms with E-state index < -0.39 is 0 Å². The lowest BCUT2D eigenvalue weighted by Gasteiger charge is -2.18. The normalized spacial score (nSPS) is 12.8. The van der Waals surface area contributed by atoms with Gasteiger partial charge in [0, 0.05) is 24.8 Å². The number of rotatable bonds is 6. The fourth-order valence-electron chi connectivity index (χ4n) is 1.72. The molecule has 5 heteroatoms. The van der Waals surface area contributed by atoms with Crippen molar-refractivity contribution in [3.8, 4) is 0 Å². The van der Waals surface area contributed by atoms with Crippen LogP contribution in [-0.4, -0.2) is 29.2 Å². The highest BCUT2D eigenvalue weighted by Gasteiger charge is 2.18. The molecule has 0 saturated carbocycles. The predicted octanol–water partition coefficient (Wildman–Crippen LogP) is 0.968. The number of carbonyl (C=O) groups excluding carboxylic acids is 1. The summed E-state index contributed by atoms with van der Waals surface area (Å²) < 4.78 is 0. The minimum Gasteiger partial charge on any atom is -0.358 e. The predicted molar refractivity (Wildman–Crippen MR) is 67.5 cm³/mol. The summed E-state index contributed by atoms with van der Waals surface area (Å²) in [5.41, 5.74) is 2.14. The quantitative estimate of drug-likeness (QED) is 0.691. The van der Waals surface area contributed by atoms with Crippen LogP contribution >= 0.6 is 0 Å². The molecule has 1 unspecified atom stereocenters. The molecule has 5 nitrogen and oxygen atoms in total. The zero-order chi connectivity index (χ0) is 12.8. The third-order valence-electron chi connectivity index (χ3n) is 2.74. The standard InChI is InChI=1S/C12H22N4O/c1-8(2)5-11(12(17)13-4)14-6-10-7-15-16-9(10)3/h7-8,11,14H,5-6H2,1-4H3,(H,13,17)(H,15,16). The fraction of sp³-hybridized carbons (Fsp3) is 0.667. The van der Waals surface area contributed by atoms with Gasteiger partial charge in [-0.25, -0.2) is 0 Å². The monoisotopic (exact) mass is 238 g/mol. The Labute approximate surface area is 102 Å². The molecule has 1 aromatic rings. The van der Waals surface area contributed by atoms with Crippen LogP contribution in [0.3, 0.4) is 0 Å². The second-order valence-corrected chi connectivity index (χ2v) is 4.70. The van der Waals surface area contributed by atoms with E-state index in [1.165, 1.54) is 0 Å². The van der Waals surface area contributed by atoms with E-state index >= 15 is 0 Å². The van der Waals surface area contributed by atoms with E-state index in [-0.39, 0.29) is 11.9 Å². The minimum atomic E-state index is -0.144. The smallest absolute Gasteiger partial charge is 0.236 e. The molecular formula is C12H22N4O. The van der Waals surface area contributed by atoms with Crippen LogP contribution in [0.5, 0.6) is 0 Å². The molecule has 0 aliphatic rings. The van der Waals surface area contributed by atoms with Crippen molar-refractivity contribution in [3.05, 3.63) is 17.5 Å². The van der Waals surface area contributed by atoms with Crippen LogP contribution in [-0.2, 0) is 11.3 Å². The summed E-state index contributed by atoms with van der Waals surface area (Å²) in [5.74, 6) is 0.523. The summed E-state index contributed by atoms with van der Waals surface area (Å²) in [5, 5.41) is 12.8. The molecule has 0 aliphatic heterocycles. The van der Waals surface area contributed by atoms with Gasteiger partial charge in [-0.15, -0.1) is 0 Å². The molecule has 0 radical (unpaired) electrons. The van der Waals surface area contributed by atoms with Crippen molar-refractivity contribution < 1.29 is 4.79 Å². The van der Waals surface area contributed by atoms with Crippen LogP contribution in [0, 0.1) is 12.8 Å². The lowest BCUT2D eigenvalue weighted by atomic mass is 10.0. The highest BCUT2D eigenvalue weighted by Crippen LogP contribution is 2.07. The van der Waals surface area contributed by atoms with E-state index in [9.17, 15) is 4.79 Å². The second-order valence-electron chi connectivity index (χ2n) is 4.70. The number of nitrogens with zero attached hydrogens (tertiary/aromatic N) is 1. The number of aryl methyl sites for hydroxylation is 1. The van der Waals surface area contributed by atoms with Gasteiger partial charge in [-0.1, -0.05) is 13.8 Å². The molecule has 1 heterocycles. The number of hydrogen-bond acceptors (Lipinski definition) is 3. The average molecular weight is 238 g/mol. The van der Waals surface area contributed by atoms with Gasteiger partial charge >= 0.3 is 0 Å². The van der Waals surface area contributed by atoms with Crippen molar-refractivity contribution in [1.29, 1.82) is 0 Å². The Morgan fingerprint density at radius 3 is 2.71 bits per heavy atom. The number of aromatic amines is 1. The number of hydrogen-bond donors (Lipinski definition) is 3. The molecule has 1 atom stereocenters. The lowest BCUT2D eigenvalue weighted by Crippen LogP contribution is -2.43. The third kappa shape index (κ3) is 4.19. The number of carbonyl (C=O) groups is 1. The summed E-state index contributed by atoms with van der Waals surface area (Å²) >= 11 is 0. The summed E-state index contributed by atoms with van der Waals surface area (Å²) in [6.07, 6.45) is 2.62. The highest BCUT2D eigenvalue weighted by atomic mass is 16.2. The highest BCUT2D eigenvalue weighted by molar-refractivity contribution is 5.81. The summed E-state index contributed by atoms with van der Waals surface area (Å²) in [6, 6.07) is -0.144. The van der Waals surface area contributed by atoms with Gasteiger partial charge in [-0.05, 0) is 19.3 Å². The first-order valence-electron chi connectivity index (χ1n) is 5.98. The molecule has 17 heavy (non-hydrogen) atoms. The lowest BCUT2D eigenvalue weighted by molar-refractivity contribution is -0.123. The van der Waals surface area contributed by atoms with E-state index in [0.717, 1.165) is 17.7 Å². The Bertz CT molecular complexity index is 359. The molecule has 0 saturated heterocycles. The van der Waals surface area contributed by atoms with Crippen LogP contribution in [0.2, 0.25) is 0 Å². The van der Waals surface area contributed by atoms with Crippen LogP contribution in [0.1, 0.15) is 31.5 Å². The Hall–Kier alpha value is -1.36. The third-order valence-corrected chi connectivity index (χ3v) is 2.74. The topological polar surface area (TPSA) is 69.8 Å². The van der Waals surface area contributed by atoms with Crippen LogP contribution in [0.4, 0.5) is 0 Å². The summed E-state index contributed by atoms with van der Waals surface area (Å²) in [6.45, 7) is 6.86. The van der Waals surface area contributed by atoms with E-state index in [0.29, 0.717) is 12.5 Å². The maximum Gasteiger partial charge on any atom is 0.236 e. The minimum absolute atomic E-state index is 0.0415. The SMILES string of the molecule is CNC(=O)C(CC(C)C)NCc1cn[nH]c1C. The van der Waals surface area contributed by atoms with Crippen molar-refractivity contribution >= 4 is 5.91 Å². The Morgan fingerprint density at radius 2 is 2.24 bits per heavy atom. The van der Waals surface area contributed by atoms with Gasteiger partial charge in [0.05, 0.1) is 12.2 Å². The first kappa shape index (κ1) is 13.7. The van der Waals surface area contributed by atoms with Crippen molar-refractivity contribution in [2.75, 3.05) is 7.05 Å². The maximum absolute atomic E-state index is 11.7. The Morgan fingerprint density at radius 1 is 1.53 bits per heavy atom.